The Morgan fingerprint density at radius 3 is 2.38 bits per heavy atom. The lowest BCUT2D eigenvalue weighted by Gasteiger charge is -2.32. The van der Waals surface area contributed by atoms with Crippen LogP contribution < -0.4 is 11.1 Å². The van der Waals surface area contributed by atoms with E-state index in [9.17, 15) is 4.79 Å². The van der Waals surface area contributed by atoms with E-state index in [1.54, 1.807) is 6.07 Å². The number of carbonyl (C=O) groups excluding carboxylic acids is 1. The predicted octanol–water partition coefficient (Wildman–Crippen LogP) is 2.12. The van der Waals surface area contributed by atoms with Gasteiger partial charge in [0, 0.05) is 19.2 Å². The molecule has 0 spiro atoms. The molecule has 6 nitrogen and oxygen atoms in total. The molecule has 24 heavy (non-hydrogen) atoms. The van der Waals surface area contributed by atoms with Crippen LogP contribution in [0.15, 0.2) is 17.6 Å². The third-order valence-electron chi connectivity index (χ3n) is 4.59. The highest BCUT2D eigenvalue weighted by atomic mass is 16.7. The maximum atomic E-state index is 11.3. The molecule has 0 saturated carbocycles. The Morgan fingerprint density at radius 2 is 1.88 bits per heavy atom. The summed E-state index contributed by atoms with van der Waals surface area (Å²) in [4.78, 5) is 15.6. The number of hydrogen-bond acceptors (Lipinski definition) is 5. The summed E-state index contributed by atoms with van der Waals surface area (Å²) < 4.78 is 12.2. The van der Waals surface area contributed by atoms with E-state index in [4.69, 9.17) is 15.0 Å². The Labute approximate surface area is 144 Å². The van der Waals surface area contributed by atoms with Crippen molar-refractivity contribution in [1.82, 2.24) is 10.3 Å². The quantitative estimate of drug-likeness (QED) is 0.826. The van der Waals surface area contributed by atoms with Gasteiger partial charge in [-0.3, -0.25) is 4.79 Å². The number of anilines is 1. The van der Waals surface area contributed by atoms with Crippen LogP contribution >= 0.6 is 0 Å². The third kappa shape index (κ3) is 3.97. The van der Waals surface area contributed by atoms with Gasteiger partial charge in [0.1, 0.15) is 5.82 Å². The van der Waals surface area contributed by atoms with Gasteiger partial charge in [-0.15, -0.1) is 0 Å². The monoisotopic (exact) mass is 331 g/mol. The first-order valence-corrected chi connectivity index (χ1v) is 8.05. The van der Waals surface area contributed by atoms with Gasteiger partial charge in [-0.05, 0) is 57.8 Å². The molecule has 3 N–H and O–H groups in total. The molecule has 1 fully saturated rings. The highest BCUT2D eigenvalue weighted by Crippen LogP contribution is 2.38. The molecule has 0 unspecified atom stereocenters. The maximum Gasteiger partial charge on any atom is 0.492 e. The molecular formula is C17H26BN3O3. The minimum Gasteiger partial charge on any atom is -0.400 e. The summed E-state index contributed by atoms with van der Waals surface area (Å²) in [6, 6.07) is 3.65. The van der Waals surface area contributed by atoms with Gasteiger partial charge in [0.05, 0.1) is 11.2 Å². The lowest BCUT2D eigenvalue weighted by molar-refractivity contribution is -0.118. The molecular weight excluding hydrogens is 305 g/mol. The third-order valence-corrected chi connectivity index (χ3v) is 4.59. The fourth-order valence-electron chi connectivity index (χ4n) is 2.37. The Bertz CT molecular complexity index is 655. The molecule has 1 saturated heterocycles. The van der Waals surface area contributed by atoms with E-state index < -0.39 is 18.3 Å². The fourth-order valence-corrected chi connectivity index (χ4v) is 2.37. The number of aromatic nitrogens is 1. The number of nitrogens with zero attached hydrogens (tertiary/aromatic N) is 1. The number of nitrogens with two attached hydrogens (primary N) is 1. The van der Waals surface area contributed by atoms with E-state index in [2.05, 4.69) is 10.3 Å². The van der Waals surface area contributed by atoms with E-state index in [-0.39, 0.29) is 5.91 Å². The number of nitrogens with one attached hydrogen (secondary N) is 1. The number of rotatable bonds is 4. The molecule has 1 aromatic rings. The smallest absolute Gasteiger partial charge is 0.400 e. The molecule has 0 aliphatic carbocycles. The highest BCUT2D eigenvalue weighted by Gasteiger charge is 2.52. The predicted molar refractivity (Wildman–Crippen MR) is 96.1 cm³/mol. The van der Waals surface area contributed by atoms with Crippen LogP contribution in [0, 0.1) is 6.92 Å². The van der Waals surface area contributed by atoms with Crippen LogP contribution in [-0.2, 0) is 14.1 Å². The summed E-state index contributed by atoms with van der Waals surface area (Å²) in [6.45, 7) is 11.7. The maximum absolute atomic E-state index is 11.3. The first kappa shape index (κ1) is 18.5. The Kier molecular flexibility index (Phi) is 5.06. The van der Waals surface area contributed by atoms with Gasteiger partial charge in [-0.25, -0.2) is 4.98 Å². The van der Waals surface area contributed by atoms with Crippen LogP contribution in [-0.4, -0.2) is 35.8 Å². The summed E-state index contributed by atoms with van der Waals surface area (Å²) in [5.74, 6) is 0.369. The molecule has 1 aliphatic rings. The van der Waals surface area contributed by atoms with E-state index in [1.807, 2.05) is 46.8 Å². The number of pyridine rings is 1. The lowest BCUT2D eigenvalue weighted by Crippen LogP contribution is -2.41. The summed E-state index contributed by atoms with van der Waals surface area (Å²) in [5.41, 5.74) is 7.39. The van der Waals surface area contributed by atoms with Crippen molar-refractivity contribution in [3.63, 3.8) is 0 Å². The summed E-state index contributed by atoms with van der Waals surface area (Å²) in [6.07, 6.45) is 1.94. The van der Waals surface area contributed by atoms with Crippen molar-refractivity contribution in [2.45, 2.75) is 52.7 Å². The zero-order valence-electron chi connectivity index (χ0n) is 15.3. The number of hydrogen-bond donors (Lipinski definition) is 2. The van der Waals surface area contributed by atoms with E-state index in [0.29, 0.717) is 12.4 Å². The lowest BCUT2D eigenvalue weighted by atomic mass is 9.77. The van der Waals surface area contributed by atoms with Crippen molar-refractivity contribution < 1.29 is 14.1 Å². The van der Waals surface area contributed by atoms with Gasteiger partial charge < -0.3 is 20.4 Å². The molecule has 7 heteroatoms. The summed E-state index contributed by atoms with van der Waals surface area (Å²) in [5, 5.41) is 2.82. The van der Waals surface area contributed by atoms with Crippen LogP contribution in [0.2, 0.25) is 0 Å². The van der Waals surface area contributed by atoms with Gasteiger partial charge >= 0.3 is 7.12 Å². The molecule has 1 aliphatic heterocycles. The van der Waals surface area contributed by atoms with Gasteiger partial charge in [0.2, 0.25) is 5.91 Å². The van der Waals surface area contributed by atoms with Crippen molar-refractivity contribution in [2.24, 2.45) is 0 Å². The molecule has 0 bridgehead atoms. The highest BCUT2D eigenvalue weighted by molar-refractivity contribution is 6.56. The number of amides is 1. The normalized spacial score (nSPS) is 19.4. The zero-order chi connectivity index (χ0) is 18.1. The summed E-state index contributed by atoms with van der Waals surface area (Å²) in [7, 11) is -0.529. The van der Waals surface area contributed by atoms with Crippen molar-refractivity contribution >= 4 is 24.9 Å². The van der Waals surface area contributed by atoms with Crippen LogP contribution in [0.5, 0.6) is 0 Å². The molecule has 1 aromatic heterocycles. The van der Waals surface area contributed by atoms with Crippen molar-refractivity contribution in [2.75, 3.05) is 12.3 Å². The first-order chi connectivity index (χ1) is 11.0. The van der Waals surface area contributed by atoms with Gasteiger partial charge in [-0.2, -0.15) is 0 Å². The van der Waals surface area contributed by atoms with Crippen LogP contribution in [0.25, 0.3) is 6.08 Å². The Hall–Kier alpha value is -1.86. The van der Waals surface area contributed by atoms with E-state index >= 15 is 0 Å². The van der Waals surface area contributed by atoms with E-state index in [0.717, 1.165) is 16.7 Å². The second-order valence-corrected chi connectivity index (χ2v) is 7.13. The number of aryl methyl sites for hydroxylation is 1. The molecule has 130 valence electrons. The number of nitrogen functional groups attached to an aromatic ring is 1. The van der Waals surface area contributed by atoms with Gasteiger partial charge in [0.25, 0.3) is 0 Å². The molecule has 0 radical (unpaired) electrons. The van der Waals surface area contributed by atoms with Crippen molar-refractivity contribution in [1.29, 1.82) is 0 Å². The topological polar surface area (TPSA) is 86.5 Å². The molecule has 0 atom stereocenters. The number of carbonyl (C=O) groups is 1. The van der Waals surface area contributed by atoms with Gasteiger partial charge in [0.15, 0.2) is 0 Å². The summed E-state index contributed by atoms with van der Waals surface area (Å²) >= 11 is 0. The standard InChI is InChI=1S/C17H26BN3O3/c1-11-13(7-8-15(19)21-11)9-14(10-20-12(2)22)18-23-16(3,4)17(5,6)24-18/h7-9H,10H2,1-6H3,(H2,19,21)(H,20,22). The van der Waals surface area contributed by atoms with Crippen molar-refractivity contribution in [3.8, 4) is 0 Å². The Morgan fingerprint density at radius 1 is 1.29 bits per heavy atom. The minimum absolute atomic E-state index is 0.107. The molecule has 1 amide bonds. The van der Waals surface area contributed by atoms with E-state index in [1.165, 1.54) is 6.92 Å². The molecule has 2 heterocycles. The molecule has 2 rings (SSSR count). The zero-order valence-corrected chi connectivity index (χ0v) is 15.3. The van der Waals surface area contributed by atoms with Crippen LogP contribution in [0.1, 0.15) is 45.9 Å². The largest absolute Gasteiger partial charge is 0.492 e. The SMILES string of the molecule is CC(=O)NCC(=Cc1ccc(N)nc1C)B1OC(C)(C)C(C)(C)O1. The van der Waals surface area contributed by atoms with Crippen LogP contribution in [0.4, 0.5) is 5.82 Å². The van der Waals surface area contributed by atoms with Crippen LogP contribution in [0.3, 0.4) is 0 Å². The first-order valence-electron chi connectivity index (χ1n) is 8.05. The minimum atomic E-state index is -0.529. The van der Waals surface area contributed by atoms with Crippen molar-refractivity contribution in [3.05, 3.63) is 28.9 Å². The Balaban J connectivity index is 2.35. The molecule has 0 aromatic carbocycles. The second-order valence-electron chi connectivity index (χ2n) is 7.13. The average molecular weight is 331 g/mol. The van der Waals surface area contributed by atoms with Gasteiger partial charge in [-0.1, -0.05) is 6.08 Å². The fraction of sp³-hybridized carbons (Fsp3) is 0.529. The second kappa shape index (κ2) is 6.57. The average Bonchev–Trinajstić information content (AvgIpc) is 2.65.